The SMILES string of the molecule is C[C@H]1OCCN[C@@H]1C(=O)NCc1ccc(N2CCCCCC2)nc1.Cl.Cl. The predicted octanol–water partition coefficient (Wildman–Crippen LogP) is 2.30. The fraction of sp³-hybridized carbons (Fsp3) is 0.667. The summed E-state index contributed by atoms with van der Waals surface area (Å²) in [5, 5.41) is 6.18. The zero-order chi connectivity index (χ0) is 16.8. The quantitative estimate of drug-likeness (QED) is 0.805. The molecule has 0 radical (unpaired) electrons. The number of pyridine rings is 1. The molecule has 0 aromatic carbocycles. The average Bonchev–Trinajstić information content (AvgIpc) is 2.90. The van der Waals surface area contributed by atoms with E-state index in [2.05, 4.69) is 32.7 Å². The second-order valence-corrected chi connectivity index (χ2v) is 6.65. The van der Waals surface area contributed by atoms with Gasteiger partial charge >= 0.3 is 0 Å². The highest BCUT2D eigenvalue weighted by atomic mass is 35.5. The fourth-order valence-corrected chi connectivity index (χ4v) is 3.33. The van der Waals surface area contributed by atoms with Crippen molar-refractivity contribution in [1.29, 1.82) is 0 Å². The highest BCUT2D eigenvalue weighted by molar-refractivity contribution is 5.85. The van der Waals surface area contributed by atoms with E-state index in [9.17, 15) is 4.79 Å². The maximum absolute atomic E-state index is 12.3. The van der Waals surface area contributed by atoms with Gasteiger partial charge in [-0.25, -0.2) is 4.98 Å². The van der Waals surface area contributed by atoms with Gasteiger partial charge in [-0.1, -0.05) is 18.9 Å². The van der Waals surface area contributed by atoms with Crippen molar-refractivity contribution in [3.63, 3.8) is 0 Å². The highest BCUT2D eigenvalue weighted by Gasteiger charge is 2.27. The van der Waals surface area contributed by atoms with E-state index < -0.39 is 0 Å². The van der Waals surface area contributed by atoms with Gasteiger partial charge in [-0.2, -0.15) is 0 Å². The number of ether oxygens (including phenoxy) is 1. The molecule has 1 aromatic rings. The van der Waals surface area contributed by atoms with Crippen molar-refractivity contribution in [2.24, 2.45) is 0 Å². The van der Waals surface area contributed by atoms with E-state index in [-0.39, 0.29) is 42.9 Å². The number of hydrogen-bond donors (Lipinski definition) is 2. The van der Waals surface area contributed by atoms with Gasteiger partial charge in [0, 0.05) is 32.4 Å². The van der Waals surface area contributed by atoms with Crippen LogP contribution in [0.1, 0.15) is 38.2 Å². The number of rotatable bonds is 4. The van der Waals surface area contributed by atoms with Gasteiger partial charge in [-0.05, 0) is 31.4 Å². The minimum atomic E-state index is -0.275. The van der Waals surface area contributed by atoms with Gasteiger partial charge in [0.05, 0.1) is 12.7 Å². The zero-order valence-corrected chi connectivity index (χ0v) is 16.9. The molecule has 6 nitrogen and oxygen atoms in total. The van der Waals surface area contributed by atoms with E-state index in [4.69, 9.17) is 4.74 Å². The third kappa shape index (κ3) is 6.27. The Labute approximate surface area is 168 Å². The number of aromatic nitrogens is 1. The van der Waals surface area contributed by atoms with Crippen molar-refractivity contribution in [2.75, 3.05) is 31.1 Å². The van der Waals surface area contributed by atoms with E-state index in [0.29, 0.717) is 19.7 Å². The molecule has 2 atom stereocenters. The number of halogens is 2. The summed E-state index contributed by atoms with van der Waals surface area (Å²) in [5.74, 6) is 1.03. The molecule has 0 saturated carbocycles. The van der Waals surface area contributed by atoms with Crippen LogP contribution < -0.4 is 15.5 Å². The van der Waals surface area contributed by atoms with Gasteiger partial charge < -0.3 is 20.3 Å². The predicted molar refractivity (Wildman–Crippen MR) is 108 cm³/mol. The molecule has 0 unspecified atom stereocenters. The smallest absolute Gasteiger partial charge is 0.240 e. The molecular weight excluding hydrogens is 375 g/mol. The normalized spacial score (nSPS) is 23.2. The maximum atomic E-state index is 12.3. The monoisotopic (exact) mass is 404 g/mol. The summed E-state index contributed by atoms with van der Waals surface area (Å²) < 4.78 is 5.52. The number of hydrogen-bond acceptors (Lipinski definition) is 5. The molecular formula is C18H30Cl2N4O2. The van der Waals surface area contributed by atoms with Crippen LogP contribution in [0, 0.1) is 0 Å². The fourth-order valence-electron chi connectivity index (χ4n) is 3.33. The molecule has 1 amide bonds. The summed E-state index contributed by atoms with van der Waals surface area (Å²) in [5.41, 5.74) is 1.02. The van der Waals surface area contributed by atoms with Crippen molar-refractivity contribution < 1.29 is 9.53 Å². The number of nitrogens with zero attached hydrogens (tertiary/aromatic N) is 2. The number of nitrogens with one attached hydrogen (secondary N) is 2. The van der Waals surface area contributed by atoms with E-state index in [0.717, 1.165) is 24.5 Å². The minimum Gasteiger partial charge on any atom is -0.375 e. The van der Waals surface area contributed by atoms with Gasteiger partial charge in [0.25, 0.3) is 0 Å². The van der Waals surface area contributed by atoms with Crippen LogP contribution in [0.2, 0.25) is 0 Å². The van der Waals surface area contributed by atoms with Crippen LogP contribution in [0.25, 0.3) is 0 Å². The van der Waals surface area contributed by atoms with Crippen molar-refractivity contribution in [2.45, 2.75) is 51.3 Å². The van der Waals surface area contributed by atoms with Crippen molar-refractivity contribution in [3.8, 4) is 0 Å². The molecule has 8 heteroatoms. The summed E-state index contributed by atoms with van der Waals surface area (Å²) in [7, 11) is 0. The highest BCUT2D eigenvalue weighted by Crippen LogP contribution is 2.17. The average molecular weight is 405 g/mol. The molecule has 148 valence electrons. The largest absolute Gasteiger partial charge is 0.375 e. The summed E-state index contributed by atoms with van der Waals surface area (Å²) >= 11 is 0. The first-order valence-corrected chi connectivity index (χ1v) is 9.06. The van der Waals surface area contributed by atoms with Crippen molar-refractivity contribution in [1.82, 2.24) is 15.6 Å². The zero-order valence-electron chi connectivity index (χ0n) is 15.3. The first kappa shape index (κ1) is 23.0. The third-order valence-electron chi connectivity index (χ3n) is 4.80. The molecule has 3 heterocycles. The lowest BCUT2D eigenvalue weighted by molar-refractivity contribution is -0.129. The summed E-state index contributed by atoms with van der Waals surface area (Å²) in [6.45, 7) is 5.98. The molecule has 2 saturated heterocycles. The Bertz CT molecular complexity index is 536. The molecule has 0 spiro atoms. The molecule has 2 aliphatic heterocycles. The summed E-state index contributed by atoms with van der Waals surface area (Å²) in [4.78, 5) is 19.2. The lowest BCUT2D eigenvalue weighted by Crippen LogP contribution is -2.55. The lowest BCUT2D eigenvalue weighted by Gasteiger charge is -2.29. The Kier molecular flexibility index (Phi) is 10.2. The second kappa shape index (κ2) is 11.6. The van der Waals surface area contributed by atoms with Crippen LogP contribution in [0.3, 0.4) is 0 Å². The Morgan fingerprint density at radius 2 is 2.00 bits per heavy atom. The van der Waals surface area contributed by atoms with Crippen LogP contribution in [0.4, 0.5) is 5.82 Å². The third-order valence-corrected chi connectivity index (χ3v) is 4.80. The second-order valence-electron chi connectivity index (χ2n) is 6.65. The van der Waals surface area contributed by atoms with E-state index in [1.54, 1.807) is 0 Å². The molecule has 3 rings (SSSR count). The van der Waals surface area contributed by atoms with Gasteiger partial charge in [0.15, 0.2) is 0 Å². The number of anilines is 1. The lowest BCUT2D eigenvalue weighted by atomic mass is 10.1. The molecule has 2 fully saturated rings. The van der Waals surface area contributed by atoms with Crippen LogP contribution in [0.5, 0.6) is 0 Å². The summed E-state index contributed by atoms with van der Waals surface area (Å²) in [6.07, 6.45) is 6.90. The summed E-state index contributed by atoms with van der Waals surface area (Å²) in [6, 6.07) is 3.85. The Hall–Kier alpha value is -1.08. The standard InChI is InChI=1S/C18H28N4O2.2ClH/c1-14-17(19-8-11-24-14)18(23)21-13-15-6-7-16(20-12-15)22-9-4-2-3-5-10-22;;/h6-7,12,14,17,19H,2-5,8-11,13H2,1H3,(H,21,23);2*1H/t14-,17+;;/m1../s1. The molecule has 1 aromatic heterocycles. The molecule has 0 bridgehead atoms. The van der Waals surface area contributed by atoms with Crippen molar-refractivity contribution >= 4 is 36.5 Å². The van der Waals surface area contributed by atoms with Gasteiger partial charge in [-0.3, -0.25) is 4.79 Å². The van der Waals surface area contributed by atoms with E-state index >= 15 is 0 Å². The molecule has 26 heavy (non-hydrogen) atoms. The first-order chi connectivity index (χ1) is 11.7. The van der Waals surface area contributed by atoms with Crippen LogP contribution in [-0.4, -0.2) is 49.3 Å². The Morgan fingerprint density at radius 1 is 1.27 bits per heavy atom. The van der Waals surface area contributed by atoms with Crippen LogP contribution in [-0.2, 0) is 16.1 Å². The first-order valence-electron chi connectivity index (χ1n) is 9.06. The van der Waals surface area contributed by atoms with E-state index in [1.807, 2.05) is 13.1 Å². The molecule has 0 aliphatic carbocycles. The van der Waals surface area contributed by atoms with Gasteiger partial charge in [0.2, 0.25) is 5.91 Å². The van der Waals surface area contributed by atoms with Crippen LogP contribution >= 0.6 is 24.8 Å². The van der Waals surface area contributed by atoms with Crippen LogP contribution in [0.15, 0.2) is 18.3 Å². The number of amides is 1. The molecule has 2 aliphatic rings. The molecule has 2 N–H and O–H groups in total. The topological polar surface area (TPSA) is 66.5 Å². The minimum absolute atomic E-state index is 0. The maximum Gasteiger partial charge on any atom is 0.240 e. The number of carbonyl (C=O) groups is 1. The van der Waals surface area contributed by atoms with Gasteiger partial charge in [0.1, 0.15) is 11.9 Å². The number of carbonyl (C=O) groups excluding carboxylic acids is 1. The van der Waals surface area contributed by atoms with Gasteiger partial charge in [-0.15, -0.1) is 24.8 Å². The van der Waals surface area contributed by atoms with Crippen molar-refractivity contribution in [3.05, 3.63) is 23.9 Å². The number of morpholine rings is 1. The Morgan fingerprint density at radius 3 is 2.62 bits per heavy atom. The Balaban J connectivity index is 0.00000169. The van der Waals surface area contributed by atoms with E-state index in [1.165, 1.54) is 25.7 Å².